The lowest BCUT2D eigenvalue weighted by Gasteiger charge is -2.01. The first-order valence-corrected chi connectivity index (χ1v) is 5.48. The molecule has 2 aromatic rings. The normalized spacial score (nSPS) is 12.6. The van der Waals surface area contributed by atoms with Gasteiger partial charge in [0.1, 0.15) is 11.9 Å². The van der Waals surface area contributed by atoms with E-state index < -0.39 is 6.10 Å². The van der Waals surface area contributed by atoms with Crippen LogP contribution >= 0.6 is 0 Å². The van der Waals surface area contributed by atoms with E-state index in [1.807, 2.05) is 6.92 Å². The third-order valence-electron chi connectivity index (χ3n) is 2.39. The van der Waals surface area contributed by atoms with E-state index >= 15 is 0 Å². The maximum atomic E-state index is 12.7. The highest BCUT2D eigenvalue weighted by atomic mass is 19.1. The summed E-state index contributed by atoms with van der Waals surface area (Å²) in [6.07, 6.45) is 0.710. The Morgan fingerprint density at radius 2 is 2.06 bits per heavy atom. The van der Waals surface area contributed by atoms with E-state index in [9.17, 15) is 9.50 Å². The molecule has 1 N–H and O–H groups in total. The van der Waals surface area contributed by atoms with Crippen molar-refractivity contribution in [1.29, 1.82) is 0 Å². The van der Waals surface area contributed by atoms with Gasteiger partial charge in [0, 0.05) is 5.56 Å². The second-order valence-electron chi connectivity index (χ2n) is 3.77. The molecule has 1 aromatic carbocycles. The Bertz CT molecular complexity index is 482. The Labute approximate surface area is 98.1 Å². The molecule has 0 fully saturated rings. The Hall–Kier alpha value is -1.75. The van der Waals surface area contributed by atoms with Gasteiger partial charge in [0.05, 0.1) is 0 Å². The van der Waals surface area contributed by atoms with Crippen LogP contribution in [0.15, 0.2) is 28.8 Å². The van der Waals surface area contributed by atoms with E-state index in [0.29, 0.717) is 12.0 Å². The third kappa shape index (κ3) is 2.68. The zero-order valence-corrected chi connectivity index (χ0v) is 9.43. The standard InChI is InChI=1S/C12H13FN2O2/c1-2-3-10(16)11-14-12(17-15-11)8-4-6-9(13)7-5-8/h4-7,10,16H,2-3H2,1H3. The Balaban J connectivity index is 2.20. The van der Waals surface area contributed by atoms with Crippen LogP contribution in [-0.2, 0) is 0 Å². The minimum Gasteiger partial charge on any atom is -0.385 e. The Kier molecular flexibility index (Phi) is 3.49. The average molecular weight is 236 g/mol. The molecular weight excluding hydrogens is 223 g/mol. The number of nitrogens with zero attached hydrogens (tertiary/aromatic N) is 2. The van der Waals surface area contributed by atoms with Crippen molar-refractivity contribution < 1.29 is 14.0 Å². The number of rotatable bonds is 4. The van der Waals surface area contributed by atoms with Gasteiger partial charge < -0.3 is 9.63 Å². The molecular formula is C12H13FN2O2. The van der Waals surface area contributed by atoms with E-state index in [1.54, 1.807) is 12.1 Å². The van der Waals surface area contributed by atoms with Crippen molar-refractivity contribution in [2.75, 3.05) is 0 Å². The molecule has 2 rings (SSSR count). The van der Waals surface area contributed by atoms with Crippen molar-refractivity contribution in [1.82, 2.24) is 10.1 Å². The van der Waals surface area contributed by atoms with Gasteiger partial charge in [-0.05, 0) is 30.7 Å². The van der Waals surface area contributed by atoms with Crippen LogP contribution in [0.25, 0.3) is 11.5 Å². The second-order valence-corrected chi connectivity index (χ2v) is 3.77. The molecule has 1 heterocycles. The number of aliphatic hydroxyl groups excluding tert-OH is 1. The van der Waals surface area contributed by atoms with Crippen molar-refractivity contribution in [3.8, 4) is 11.5 Å². The fourth-order valence-electron chi connectivity index (χ4n) is 1.48. The van der Waals surface area contributed by atoms with Gasteiger partial charge in [-0.2, -0.15) is 4.98 Å². The molecule has 0 saturated heterocycles. The molecule has 17 heavy (non-hydrogen) atoms. The summed E-state index contributed by atoms with van der Waals surface area (Å²) in [5, 5.41) is 13.4. The zero-order chi connectivity index (χ0) is 12.3. The minimum atomic E-state index is -0.710. The lowest BCUT2D eigenvalue weighted by atomic mass is 10.2. The summed E-state index contributed by atoms with van der Waals surface area (Å²) >= 11 is 0. The summed E-state index contributed by atoms with van der Waals surface area (Å²) in [6.45, 7) is 1.96. The fraction of sp³-hybridized carbons (Fsp3) is 0.333. The van der Waals surface area contributed by atoms with Crippen LogP contribution < -0.4 is 0 Å². The van der Waals surface area contributed by atoms with E-state index in [-0.39, 0.29) is 17.5 Å². The predicted octanol–water partition coefficient (Wildman–Crippen LogP) is 2.71. The van der Waals surface area contributed by atoms with Gasteiger partial charge in [-0.3, -0.25) is 0 Å². The van der Waals surface area contributed by atoms with Crippen molar-refractivity contribution in [2.24, 2.45) is 0 Å². The number of aliphatic hydroxyl groups is 1. The topological polar surface area (TPSA) is 59.2 Å². The highest BCUT2D eigenvalue weighted by Crippen LogP contribution is 2.21. The molecule has 1 aromatic heterocycles. The van der Waals surface area contributed by atoms with Crippen molar-refractivity contribution in [2.45, 2.75) is 25.9 Å². The molecule has 0 amide bonds. The predicted molar refractivity (Wildman–Crippen MR) is 59.6 cm³/mol. The van der Waals surface area contributed by atoms with Crippen LogP contribution in [0.1, 0.15) is 31.7 Å². The molecule has 0 aliphatic carbocycles. The maximum absolute atomic E-state index is 12.7. The van der Waals surface area contributed by atoms with Crippen molar-refractivity contribution >= 4 is 0 Å². The highest BCUT2D eigenvalue weighted by Gasteiger charge is 2.15. The van der Waals surface area contributed by atoms with Gasteiger partial charge in [0.25, 0.3) is 5.89 Å². The summed E-state index contributed by atoms with van der Waals surface area (Å²) in [4.78, 5) is 4.08. The number of hydrogen-bond donors (Lipinski definition) is 1. The Morgan fingerprint density at radius 3 is 2.71 bits per heavy atom. The number of aromatic nitrogens is 2. The lowest BCUT2D eigenvalue weighted by molar-refractivity contribution is 0.153. The summed E-state index contributed by atoms with van der Waals surface area (Å²) in [6, 6.07) is 5.75. The Morgan fingerprint density at radius 1 is 1.35 bits per heavy atom. The van der Waals surface area contributed by atoms with Crippen LogP contribution in [0.3, 0.4) is 0 Å². The third-order valence-corrected chi connectivity index (χ3v) is 2.39. The van der Waals surface area contributed by atoms with Gasteiger partial charge in [0.2, 0.25) is 5.82 Å². The lowest BCUT2D eigenvalue weighted by Crippen LogP contribution is -1.98. The molecule has 0 aliphatic rings. The van der Waals surface area contributed by atoms with Crippen molar-refractivity contribution in [3.63, 3.8) is 0 Å². The summed E-state index contributed by atoms with van der Waals surface area (Å²) in [7, 11) is 0. The van der Waals surface area contributed by atoms with Crippen molar-refractivity contribution in [3.05, 3.63) is 35.9 Å². The molecule has 0 spiro atoms. The first-order valence-electron chi connectivity index (χ1n) is 5.48. The van der Waals surface area contributed by atoms with Crippen LogP contribution in [0.2, 0.25) is 0 Å². The van der Waals surface area contributed by atoms with E-state index in [0.717, 1.165) is 6.42 Å². The second kappa shape index (κ2) is 5.05. The molecule has 1 unspecified atom stereocenters. The molecule has 0 aliphatic heterocycles. The molecule has 5 heteroatoms. The number of hydrogen-bond acceptors (Lipinski definition) is 4. The zero-order valence-electron chi connectivity index (χ0n) is 9.43. The average Bonchev–Trinajstić information content (AvgIpc) is 2.80. The quantitative estimate of drug-likeness (QED) is 0.886. The molecule has 0 radical (unpaired) electrons. The molecule has 90 valence electrons. The monoisotopic (exact) mass is 236 g/mol. The van der Waals surface area contributed by atoms with E-state index in [4.69, 9.17) is 4.52 Å². The summed E-state index contributed by atoms with van der Waals surface area (Å²) in [5.74, 6) is 0.237. The van der Waals surface area contributed by atoms with Crippen LogP contribution in [0.5, 0.6) is 0 Å². The summed E-state index contributed by atoms with van der Waals surface area (Å²) in [5.41, 5.74) is 0.633. The van der Waals surface area contributed by atoms with Gasteiger partial charge in [-0.1, -0.05) is 18.5 Å². The number of benzene rings is 1. The van der Waals surface area contributed by atoms with E-state index in [2.05, 4.69) is 10.1 Å². The smallest absolute Gasteiger partial charge is 0.258 e. The SMILES string of the molecule is CCCC(O)c1noc(-c2ccc(F)cc2)n1. The maximum Gasteiger partial charge on any atom is 0.258 e. The molecule has 4 nitrogen and oxygen atoms in total. The van der Waals surface area contributed by atoms with E-state index in [1.165, 1.54) is 12.1 Å². The number of halogens is 1. The minimum absolute atomic E-state index is 0.270. The summed E-state index contributed by atoms with van der Waals surface area (Å²) < 4.78 is 17.7. The molecule has 0 bridgehead atoms. The fourth-order valence-corrected chi connectivity index (χ4v) is 1.48. The first-order chi connectivity index (χ1) is 8.20. The molecule has 0 saturated carbocycles. The highest BCUT2D eigenvalue weighted by molar-refractivity contribution is 5.52. The van der Waals surface area contributed by atoms with Gasteiger partial charge in [0.15, 0.2) is 0 Å². The van der Waals surface area contributed by atoms with Crippen LogP contribution in [0, 0.1) is 5.82 Å². The van der Waals surface area contributed by atoms with Gasteiger partial charge in [-0.25, -0.2) is 4.39 Å². The first kappa shape index (κ1) is 11.7. The van der Waals surface area contributed by atoms with Crippen LogP contribution in [-0.4, -0.2) is 15.2 Å². The molecule has 1 atom stereocenters. The van der Waals surface area contributed by atoms with Gasteiger partial charge in [-0.15, -0.1) is 0 Å². The largest absolute Gasteiger partial charge is 0.385 e. The van der Waals surface area contributed by atoms with Crippen LogP contribution in [0.4, 0.5) is 4.39 Å². The van der Waals surface area contributed by atoms with Gasteiger partial charge >= 0.3 is 0 Å².